The van der Waals surface area contributed by atoms with E-state index in [9.17, 15) is 14.4 Å². The average molecular weight is 445 g/mol. The van der Waals surface area contributed by atoms with Crippen molar-refractivity contribution in [1.82, 2.24) is 10.2 Å². The summed E-state index contributed by atoms with van der Waals surface area (Å²) < 4.78 is 5.15. The van der Waals surface area contributed by atoms with Gasteiger partial charge in [0, 0.05) is 17.6 Å². The van der Waals surface area contributed by atoms with E-state index in [4.69, 9.17) is 4.74 Å². The predicted octanol–water partition coefficient (Wildman–Crippen LogP) is 3.93. The second-order valence-electron chi connectivity index (χ2n) is 9.20. The number of esters is 1. The topological polar surface area (TPSA) is 75.7 Å². The van der Waals surface area contributed by atoms with Crippen LogP contribution in [0.1, 0.15) is 53.2 Å². The summed E-state index contributed by atoms with van der Waals surface area (Å²) in [5, 5.41) is 3.22. The SMILES string of the molecule is COC(=O)C1=C(c2ccc(C(C)=O)cc2)C[C@@H]2CC[C@H]1N2C(=O)NC1Cc2ccccc2C1. The molecule has 6 heteroatoms. The summed E-state index contributed by atoms with van der Waals surface area (Å²) in [4.78, 5) is 39.8. The van der Waals surface area contributed by atoms with Crippen LogP contribution in [0.2, 0.25) is 0 Å². The van der Waals surface area contributed by atoms with Gasteiger partial charge in [-0.25, -0.2) is 9.59 Å². The molecule has 5 rings (SSSR count). The Morgan fingerprint density at radius 1 is 0.939 bits per heavy atom. The van der Waals surface area contributed by atoms with Gasteiger partial charge in [0.15, 0.2) is 5.78 Å². The lowest BCUT2D eigenvalue weighted by atomic mass is 9.88. The van der Waals surface area contributed by atoms with E-state index < -0.39 is 5.97 Å². The highest BCUT2D eigenvalue weighted by Crippen LogP contribution is 2.43. The third-order valence-electron chi connectivity index (χ3n) is 7.26. The number of nitrogens with one attached hydrogen (secondary N) is 1. The number of ketones is 1. The van der Waals surface area contributed by atoms with Crippen LogP contribution in [-0.2, 0) is 22.4 Å². The first-order chi connectivity index (χ1) is 16.0. The van der Waals surface area contributed by atoms with Crippen molar-refractivity contribution in [1.29, 1.82) is 0 Å². The molecule has 2 aliphatic heterocycles. The number of ether oxygens (including phenoxy) is 1. The predicted molar refractivity (Wildman–Crippen MR) is 125 cm³/mol. The Labute approximate surface area is 193 Å². The summed E-state index contributed by atoms with van der Waals surface area (Å²) in [7, 11) is 1.38. The number of nitrogens with zero attached hydrogens (tertiary/aromatic N) is 1. The fourth-order valence-electron chi connectivity index (χ4n) is 5.68. The average Bonchev–Trinajstić information content (AvgIpc) is 3.37. The Balaban J connectivity index is 1.41. The van der Waals surface area contributed by atoms with E-state index in [1.54, 1.807) is 12.1 Å². The fourth-order valence-corrected chi connectivity index (χ4v) is 5.68. The van der Waals surface area contributed by atoms with Crippen molar-refractivity contribution in [3.63, 3.8) is 0 Å². The van der Waals surface area contributed by atoms with Crippen LogP contribution in [-0.4, -0.2) is 47.9 Å². The first kappa shape index (κ1) is 21.4. The monoisotopic (exact) mass is 444 g/mol. The third kappa shape index (κ3) is 3.84. The molecule has 1 saturated heterocycles. The maximum atomic E-state index is 13.4. The van der Waals surface area contributed by atoms with Crippen LogP contribution in [0.25, 0.3) is 5.57 Å². The minimum absolute atomic E-state index is 0.00402. The number of amides is 2. The zero-order valence-electron chi connectivity index (χ0n) is 19.0. The van der Waals surface area contributed by atoms with E-state index >= 15 is 0 Å². The molecule has 2 bridgehead atoms. The second-order valence-corrected chi connectivity index (χ2v) is 9.20. The zero-order valence-corrected chi connectivity index (χ0v) is 19.0. The lowest BCUT2D eigenvalue weighted by molar-refractivity contribution is -0.136. The number of carbonyl (C=O) groups is 3. The number of Topliss-reactive ketones (excluding diaryl/α,β-unsaturated/α-hetero) is 1. The first-order valence-corrected chi connectivity index (χ1v) is 11.5. The maximum Gasteiger partial charge on any atom is 0.336 e. The highest BCUT2D eigenvalue weighted by atomic mass is 16.5. The molecule has 0 radical (unpaired) electrons. The molecule has 33 heavy (non-hydrogen) atoms. The molecule has 0 saturated carbocycles. The van der Waals surface area contributed by atoms with E-state index in [1.807, 2.05) is 29.2 Å². The van der Waals surface area contributed by atoms with Crippen LogP contribution in [0.15, 0.2) is 54.1 Å². The van der Waals surface area contributed by atoms with E-state index in [0.29, 0.717) is 17.6 Å². The van der Waals surface area contributed by atoms with Gasteiger partial charge >= 0.3 is 12.0 Å². The van der Waals surface area contributed by atoms with Gasteiger partial charge in [0.2, 0.25) is 0 Å². The first-order valence-electron chi connectivity index (χ1n) is 11.5. The van der Waals surface area contributed by atoms with Crippen molar-refractivity contribution in [2.75, 3.05) is 7.11 Å². The molecule has 6 nitrogen and oxygen atoms in total. The molecule has 2 heterocycles. The maximum absolute atomic E-state index is 13.4. The largest absolute Gasteiger partial charge is 0.466 e. The highest BCUT2D eigenvalue weighted by Gasteiger charge is 2.47. The standard InChI is InChI=1S/C27H28N2O4/c1-16(30)17-7-9-18(10-8-17)23-15-22-11-12-24(25(23)26(31)33-2)29(22)27(32)28-21-13-19-5-3-4-6-20(19)14-21/h3-10,21-22,24H,11-15H2,1-2H3,(H,28,32)/t22-,24+/m0/s1. The number of carbonyl (C=O) groups excluding carboxylic acids is 3. The lowest BCUT2D eigenvalue weighted by Crippen LogP contribution is -2.53. The van der Waals surface area contributed by atoms with Crippen molar-refractivity contribution in [3.05, 3.63) is 76.4 Å². The fraction of sp³-hybridized carbons (Fsp3) is 0.370. The van der Waals surface area contributed by atoms with Crippen molar-refractivity contribution in [2.24, 2.45) is 0 Å². The van der Waals surface area contributed by atoms with Gasteiger partial charge < -0.3 is 15.0 Å². The molecular formula is C27H28N2O4. The number of hydrogen-bond acceptors (Lipinski definition) is 4. The summed E-state index contributed by atoms with van der Waals surface area (Å²) in [5.74, 6) is -0.388. The van der Waals surface area contributed by atoms with Gasteiger partial charge in [0.1, 0.15) is 0 Å². The van der Waals surface area contributed by atoms with E-state index in [-0.39, 0.29) is 29.9 Å². The van der Waals surface area contributed by atoms with Gasteiger partial charge in [0.25, 0.3) is 0 Å². The van der Waals surface area contributed by atoms with Crippen LogP contribution in [0.3, 0.4) is 0 Å². The Morgan fingerprint density at radius 3 is 2.21 bits per heavy atom. The second kappa shape index (κ2) is 8.50. The van der Waals surface area contributed by atoms with Crippen molar-refractivity contribution >= 4 is 23.4 Å². The Hall–Kier alpha value is -3.41. The summed E-state index contributed by atoms with van der Waals surface area (Å²) in [6, 6.07) is 15.4. The number of urea groups is 1. The molecule has 170 valence electrons. The number of methoxy groups -OCH3 is 1. The molecule has 2 aromatic carbocycles. The quantitative estimate of drug-likeness (QED) is 0.573. The number of hydrogen-bond donors (Lipinski definition) is 1. The zero-order chi connectivity index (χ0) is 23.1. The van der Waals surface area contributed by atoms with Gasteiger partial charge in [-0.2, -0.15) is 0 Å². The molecule has 2 aromatic rings. The van der Waals surface area contributed by atoms with E-state index in [0.717, 1.165) is 36.8 Å². The van der Waals surface area contributed by atoms with E-state index in [1.165, 1.54) is 25.2 Å². The Morgan fingerprint density at radius 2 is 1.61 bits per heavy atom. The molecular weight excluding hydrogens is 416 g/mol. The minimum atomic E-state index is -0.392. The van der Waals surface area contributed by atoms with Gasteiger partial charge in [-0.15, -0.1) is 0 Å². The van der Waals surface area contributed by atoms with Crippen LogP contribution >= 0.6 is 0 Å². The molecule has 1 fully saturated rings. The molecule has 0 spiro atoms. The normalized spacial score (nSPS) is 21.7. The molecule has 3 aliphatic rings. The van der Waals surface area contributed by atoms with Crippen LogP contribution in [0.4, 0.5) is 4.79 Å². The molecule has 0 unspecified atom stereocenters. The molecule has 2 amide bonds. The smallest absolute Gasteiger partial charge is 0.336 e. The highest BCUT2D eigenvalue weighted by molar-refractivity contribution is 6.01. The lowest BCUT2D eigenvalue weighted by Gasteiger charge is -2.37. The molecule has 1 aliphatic carbocycles. The Kier molecular flexibility index (Phi) is 5.52. The van der Waals surface area contributed by atoms with Gasteiger partial charge in [-0.1, -0.05) is 48.5 Å². The number of fused-ring (bicyclic) bond motifs is 3. The van der Waals surface area contributed by atoms with Crippen LogP contribution in [0.5, 0.6) is 0 Å². The summed E-state index contributed by atoms with van der Waals surface area (Å²) in [6.07, 6.45) is 3.84. The van der Waals surface area contributed by atoms with Crippen molar-refractivity contribution in [2.45, 2.75) is 57.2 Å². The van der Waals surface area contributed by atoms with Gasteiger partial charge in [-0.05, 0) is 61.3 Å². The third-order valence-corrected chi connectivity index (χ3v) is 7.26. The van der Waals surface area contributed by atoms with Gasteiger partial charge in [-0.3, -0.25) is 4.79 Å². The van der Waals surface area contributed by atoms with Crippen LogP contribution in [0, 0.1) is 0 Å². The van der Waals surface area contributed by atoms with Crippen molar-refractivity contribution in [3.8, 4) is 0 Å². The molecule has 0 aromatic heterocycles. The van der Waals surface area contributed by atoms with Gasteiger partial charge in [0.05, 0.1) is 18.7 Å². The molecule has 2 atom stereocenters. The Bertz CT molecular complexity index is 1130. The van der Waals surface area contributed by atoms with Crippen molar-refractivity contribution < 1.29 is 19.1 Å². The number of rotatable bonds is 4. The summed E-state index contributed by atoms with van der Waals surface area (Å²) in [5.41, 5.74) is 5.60. The number of benzene rings is 2. The summed E-state index contributed by atoms with van der Waals surface area (Å²) in [6.45, 7) is 1.54. The van der Waals surface area contributed by atoms with E-state index in [2.05, 4.69) is 17.4 Å². The minimum Gasteiger partial charge on any atom is -0.466 e. The summed E-state index contributed by atoms with van der Waals surface area (Å²) >= 11 is 0. The molecule has 1 N–H and O–H groups in total. The van der Waals surface area contributed by atoms with Crippen LogP contribution < -0.4 is 5.32 Å².